The first-order valence-electron chi connectivity index (χ1n) is 7.18. The molecule has 0 radical (unpaired) electrons. The molecule has 2 N–H and O–H groups in total. The molecule has 1 saturated heterocycles. The zero-order valence-electron chi connectivity index (χ0n) is 12.0. The normalized spacial score (nSPS) is 19.1. The highest BCUT2D eigenvalue weighted by Crippen LogP contribution is 2.29. The van der Waals surface area contributed by atoms with Crippen LogP contribution in [0.1, 0.15) is 26.7 Å². The second-order valence-corrected chi connectivity index (χ2v) is 5.51. The summed E-state index contributed by atoms with van der Waals surface area (Å²) < 4.78 is 13.5. The van der Waals surface area contributed by atoms with Crippen LogP contribution in [0.4, 0.5) is 5.95 Å². The summed E-state index contributed by atoms with van der Waals surface area (Å²) in [5, 5.41) is 0. The maximum Gasteiger partial charge on any atom is 0.201 e. The number of anilines is 1. The molecule has 1 aliphatic heterocycles. The van der Waals surface area contributed by atoms with Gasteiger partial charge in [-0.3, -0.25) is 0 Å². The highest BCUT2D eigenvalue weighted by atomic mass is 16.5. The number of hydrogen-bond donors (Lipinski definition) is 1. The second-order valence-electron chi connectivity index (χ2n) is 5.51. The fourth-order valence-corrected chi connectivity index (χ4v) is 2.67. The van der Waals surface area contributed by atoms with Crippen molar-refractivity contribution in [2.45, 2.75) is 45.4 Å². The van der Waals surface area contributed by atoms with Crippen LogP contribution in [0.25, 0.3) is 11.0 Å². The van der Waals surface area contributed by atoms with E-state index in [4.69, 9.17) is 15.2 Å². The number of rotatable bonds is 4. The van der Waals surface area contributed by atoms with Gasteiger partial charge in [0.25, 0.3) is 0 Å². The summed E-state index contributed by atoms with van der Waals surface area (Å²) in [4.78, 5) is 4.47. The molecule has 1 fully saturated rings. The number of aromatic nitrogens is 2. The number of nitrogen functional groups attached to an aromatic ring is 1. The zero-order valence-corrected chi connectivity index (χ0v) is 12.0. The van der Waals surface area contributed by atoms with Gasteiger partial charge in [0.05, 0.1) is 24.3 Å². The Bertz CT molecular complexity index is 600. The van der Waals surface area contributed by atoms with E-state index in [2.05, 4.69) is 4.98 Å². The lowest BCUT2D eigenvalue weighted by molar-refractivity contribution is 0.0983. The van der Waals surface area contributed by atoms with E-state index in [0.29, 0.717) is 5.95 Å². The third-order valence-electron chi connectivity index (χ3n) is 3.54. The van der Waals surface area contributed by atoms with Gasteiger partial charge in [-0.1, -0.05) is 6.07 Å². The van der Waals surface area contributed by atoms with Crippen LogP contribution in [-0.4, -0.2) is 28.4 Å². The number of imidazole rings is 1. The number of fused-ring (bicyclic) bond motifs is 1. The van der Waals surface area contributed by atoms with Crippen molar-refractivity contribution in [1.82, 2.24) is 9.55 Å². The maximum absolute atomic E-state index is 6.07. The van der Waals surface area contributed by atoms with E-state index in [1.807, 2.05) is 36.6 Å². The maximum atomic E-state index is 6.07. The summed E-state index contributed by atoms with van der Waals surface area (Å²) in [5.41, 5.74) is 7.91. The van der Waals surface area contributed by atoms with E-state index >= 15 is 0 Å². The van der Waals surface area contributed by atoms with Crippen molar-refractivity contribution in [3.8, 4) is 5.75 Å². The number of nitrogens with zero attached hydrogens (tertiary/aromatic N) is 2. The number of benzene rings is 1. The minimum atomic E-state index is 0.116. The number of hydrogen-bond acceptors (Lipinski definition) is 4. The first kappa shape index (κ1) is 13.2. The summed E-state index contributed by atoms with van der Waals surface area (Å²) in [6.45, 7) is 5.61. The largest absolute Gasteiger partial charge is 0.489 e. The topological polar surface area (TPSA) is 62.3 Å². The van der Waals surface area contributed by atoms with Gasteiger partial charge in [0.15, 0.2) is 0 Å². The lowest BCUT2D eigenvalue weighted by Crippen LogP contribution is -2.16. The van der Waals surface area contributed by atoms with Crippen LogP contribution in [0, 0.1) is 0 Å². The van der Waals surface area contributed by atoms with Crippen LogP contribution in [0.2, 0.25) is 0 Å². The zero-order chi connectivity index (χ0) is 14.1. The average Bonchev–Trinajstić information content (AvgIpc) is 3.00. The van der Waals surface area contributed by atoms with Crippen LogP contribution in [0.3, 0.4) is 0 Å². The molecule has 0 saturated carbocycles. The Balaban J connectivity index is 1.97. The van der Waals surface area contributed by atoms with Gasteiger partial charge in [-0.05, 0) is 38.8 Å². The van der Waals surface area contributed by atoms with Gasteiger partial charge in [0.1, 0.15) is 11.3 Å². The quantitative estimate of drug-likeness (QED) is 0.931. The minimum absolute atomic E-state index is 0.116. The molecule has 1 aliphatic rings. The molecule has 3 rings (SSSR count). The number of nitrogens with two attached hydrogens (primary N) is 1. The van der Waals surface area contributed by atoms with Gasteiger partial charge in [-0.2, -0.15) is 0 Å². The molecule has 0 bridgehead atoms. The monoisotopic (exact) mass is 275 g/mol. The summed E-state index contributed by atoms with van der Waals surface area (Å²) in [5.74, 6) is 1.31. The molecule has 0 aliphatic carbocycles. The van der Waals surface area contributed by atoms with Crippen molar-refractivity contribution in [2.24, 2.45) is 0 Å². The molecular formula is C15H21N3O2. The molecule has 5 heteroatoms. The molecule has 2 heterocycles. The predicted octanol–water partition coefficient (Wildman–Crippen LogP) is 2.58. The fraction of sp³-hybridized carbons (Fsp3) is 0.533. The molecule has 20 heavy (non-hydrogen) atoms. The van der Waals surface area contributed by atoms with Gasteiger partial charge < -0.3 is 19.8 Å². The summed E-state index contributed by atoms with van der Waals surface area (Å²) in [6, 6.07) is 5.94. The van der Waals surface area contributed by atoms with Gasteiger partial charge in [-0.15, -0.1) is 0 Å². The van der Waals surface area contributed by atoms with E-state index in [-0.39, 0.29) is 12.2 Å². The van der Waals surface area contributed by atoms with Crippen molar-refractivity contribution in [2.75, 3.05) is 12.3 Å². The van der Waals surface area contributed by atoms with Crippen molar-refractivity contribution < 1.29 is 9.47 Å². The van der Waals surface area contributed by atoms with Crippen LogP contribution < -0.4 is 10.5 Å². The van der Waals surface area contributed by atoms with Gasteiger partial charge >= 0.3 is 0 Å². The molecular weight excluding hydrogens is 254 g/mol. The average molecular weight is 275 g/mol. The Morgan fingerprint density at radius 2 is 2.35 bits per heavy atom. The Labute approximate surface area is 118 Å². The Hall–Kier alpha value is -1.75. The first-order valence-corrected chi connectivity index (χ1v) is 7.18. The van der Waals surface area contributed by atoms with E-state index in [1.54, 1.807) is 0 Å². The molecule has 5 nitrogen and oxygen atoms in total. The van der Waals surface area contributed by atoms with Gasteiger partial charge in [0, 0.05) is 6.61 Å². The van der Waals surface area contributed by atoms with Crippen LogP contribution in [-0.2, 0) is 11.3 Å². The Kier molecular flexibility index (Phi) is 3.53. The molecule has 1 aromatic carbocycles. The molecule has 1 aromatic heterocycles. The van der Waals surface area contributed by atoms with E-state index in [1.165, 1.54) is 0 Å². The molecule has 0 amide bonds. The summed E-state index contributed by atoms with van der Waals surface area (Å²) in [7, 11) is 0. The predicted molar refractivity (Wildman–Crippen MR) is 78.9 cm³/mol. The van der Waals surface area contributed by atoms with E-state index in [9.17, 15) is 0 Å². The lowest BCUT2D eigenvalue weighted by atomic mass is 10.2. The Morgan fingerprint density at radius 1 is 1.50 bits per heavy atom. The number of para-hydroxylation sites is 1. The third-order valence-corrected chi connectivity index (χ3v) is 3.54. The van der Waals surface area contributed by atoms with Crippen molar-refractivity contribution >= 4 is 17.0 Å². The van der Waals surface area contributed by atoms with Crippen molar-refractivity contribution in [3.63, 3.8) is 0 Å². The van der Waals surface area contributed by atoms with Crippen molar-refractivity contribution in [1.29, 1.82) is 0 Å². The standard InChI is InChI=1S/C15H21N3O2/c1-10(2)20-13-7-3-6-12-14(13)17-15(16)18(12)9-11-5-4-8-19-11/h3,6-7,10-11H,4-5,8-9H2,1-2H3,(H2,16,17). The molecule has 1 atom stereocenters. The van der Waals surface area contributed by atoms with Gasteiger partial charge in [0.2, 0.25) is 5.95 Å². The summed E-state index contributed by atoms with van der Waals surface area (Å²) >= 11 is 0. The minimum Gasteiger partial charge on any atom is -0.489 e. The highest BCUT2D eigenvalue weighted by molar-refractivity contribution is 5.84. The van der Waals surface area contributed by atoms with Gasteiger partial charge in [-0.25, -0.2) is 4.98 Å². The molecule has 2 aromatic rings. The number of ether oxygens (including phenoxy) is 2. The Morgan fingerprint density at radius 3 is 3.05 bits per heavy atom. The van der Waals surface area contributed by atoms with Crippen LogP contribution >= 0.6 is 0 Å². The smallest absolute Gasteiger partial charge is 0.201 e. The van der Waals surface area contributed by atoms with Crippen LogP contribution in [0.15, 0.2) is 18.2 Å². The van der Waals surface area contributed by atoms with E-state index in [0.717, 1.165) is 42.8 Å². The van der Waals surface area contributed by atoms with Crippen LogP contribution in [0.5, 0.6) is 5.75 Å². The molecule has 108 valence electrons. The first-order chi connectivity index (χ1) is 9.65. The molecule has 0 spiro atoms. The SMILES string of the molecule is CC(C)Oc1cccc2c1nc(N)n2CC1CCCO1. The van der Waals surface area contributed by atoms with Crippen molar-refractivity contribution in [3.05, 3.63) is 18.2 Å². The second kappa shape index (κ2) is 5.32. The third kappa shape index (κ3) is 2.45. The highest BCUT2D eigenvalue weighted by Gasteiger charge is 2.20. The lowest BCUT2D eigenvalue weighted by Gasteiger charge is -2.13. The summed E-state index contributed by atoms with van der Waals surface area (Å²) in [6.07, 6.45) is 2.56. The fourth-order valence-electron chi connectivity index (χ4n) is 2.67. The van der Waals surface area contributed by atoms with E-state index < -0.39 is 0 Å². The molecule has 1 unspecified atom stereocenters.